The number of hydrogen-bond donors (Lipinski definition) is 1. The first-order chi connectivity index (χ1) is 17.2. The summed E-state index contributed by atoms with van der Waals surface area (Å²) in [5.74, 6) is -0.628. The van der Waals surface area contributed by atoms with E-state index in [0.29, 0.717) is 27.0 Å². The van der Waals surface area contributed by atoms with Gasteiger partial charge >= 0.3 is 0 Å². The fourth-order valence-electron chi connectivity index (χ4n) is 3.88. The predicted octanol–water partition coefficient (Wildman–Crippen LogP) is 4.38. The number of benzene rings is 3. The van der Waals surface area contributed by atoms with Gasteiger partial charge in [0.05, 0.1) is 20.8 Å². The van der Waals surface area contributed by atoms with Gasteiger partial charge in [-0.3, -0.25) is 14.9 Å². The number of fused-ring (bicyclic) bond motifs is 1. The highest BCUT2D eigenvalue weighted by Crippen LogP contribution is 2.33. The van der Waals surface area contributed by atoms with Gasteiger partial charge in [-0.2, -0.15) is 5.10 Å². The number of aryl methyl sites for hydroxylation is 1. The maximum Gasteiger partial charge on any atom is 0.280 e. The summed E-state index contributed by atoms with van der Waals surface area (Å²) in [5.41, 5.74) is 2.28. The van der Waals surface area contributed by atoms with Crippen molar-refractivity contribution in [3.8, 4) is 22.4 Å². The first kappa shape index (κ1) is 23.6. The third-order valence-corrected chi connectivity index (χ3v) is 7.63. The number of aromatic nitrogens is 3. The molecule has 8 nitrogen and oxygen atoms in total. The van der Waals surface area contributed by atoms with Crippen molar-refractivity contribution in [1.29, 1.82) is 0 Å². The maximum absolute atomic E-state index is 13.6. The molecule has 5 rings (SSSR count). The molecule has 0 aliphatic heterocycles. The Morgan fingerprint density at radius 2 is 1.58 bits per heavy atom. The van der Waals surface area contributed by atoms with Crippen molar-refractivity contribution in [1.82, 2.24) is 14.8 Å². The lowest BCUT2D eigenvalue weighted by molar-refractivity contribution is 0.102. The van der Waals surface area contributed by atoms with Gasteiger partial charge in [0.2, 0.25) is 0 Å². The Morgan fingerprint density at radius 1 is 0.944 bits per heavy atom. The monoisotopic (exact) mass is 516 g/mol. The molecule has 0 unspecified atom stereocenters. The lowest BCUT2D eigenvalue weighted by atomic mass is 9.95. The van der Waals surface area contributed by atoms with Crippen LogP contribution in [-0.2, 0) is 16.9 Å². The van der Waals surface area contributed by atoms with Crippen LogP contribution in [0.25, 0.3) is 32.6 Å². The molecule has 1 amide bonds. The lowest BCUT2D eigenvalue weighted by Crippen LogP contribution is -2.31. The zero-order chi connectivity index (χ0) is 25.4. The van der Waals surface area contributed by atoms with E-state index >= 15 is 0 Å². The Hall–Kier alpha value is -4.15. The molecule has 5 aromatic rings. The summed E-state index contributed by atoms with van der Waals surface area (Å²) in [6.07, 6.45) is 1.13. The molecule has 0 saturated carbocycles. The summed E-state index contributed by atoms with van der Waals surface area (Å²) in [6.45, 7) is 0. The third-order valence-electron chi connectivity index (χ3n) is 5.59. The van der Waals surface area contributed by atoms with Crippen LogP contribution in [0.4, 0.5) is 5.13 Å². The van der Waals surface area contributed by atoms with Crippen molar-refractivity contribution in [2.45, 2.75) is 4.90 Å². The number of nitrogens with one attached hydrogen (secondary N) is 1. The average molecular weight is 517 g/mol. The average Bonchev–Trinajstić information content (AvgIpc) is 3.27. The van der Waals surface area contributed by atoms with Crippen LogP contribution in [0.5, 0.6) is 0 Å². The molecule has 0 bridgehead atoms. The van der Waals surface area contributed by atoms with Crippen molar-refractivity contribution in [3.05, 3.63) is 94.8 Å². The number of sulfone groups is 1. The lowest BCUT2D eigenvalue weighted by Gasteiger charge is -2.15. The quantitative estimate of drug-likeness (QED) is 0.371. The second-order valence-electron chi connectivity index (χ2n) is 8.13. The van der Waals surface area contributed by atoms with Crippen LogP contribution in [0.15, 0.2) is 88.6 Å². The van der Waals surface area contributed by atoms with Gasteiger partial charge in [-0.25, -0.2) is 18.1 Å². The summed E-state index contributed by atoms with van der Waals surface area (Å²) in [5, 5.41) is 7.48. The molecular weight excluding hydrogens is 496 g/mol. The van der Waals surface area contributed by atoms with E-state index in [2.05, 4.69) is 15.4 Å². The van der Waals surface area contributed by atoms with Gasteiger partial charge in [0.15, 0.2) is 15.0 Å². The molecule has 2 heterocycles. The van der Waals surface area contributed by atoms with E-state index in [9.17, 15) is 18.0 Å². The second kappa shape index (κ2) is 9.14. The van der Waals surface area contributed by atoms with Crippen LogP contribution in [-0.4, -0.2) is 35.3 Å². The van der Waals surface area contributed by atoms with E-state index in [4.69, 9.17) is 0 Å². The summed E-state index contributed by atoms with van der Waals surface area (Å²) in [6, 6.07) is 23.1. The van der Waals surface area contributed by atoms with Crippen molar-refractivity contribution in [2.24, 2.45) is 7.05 Å². The van der Waals surface area contributed by atoms with Gasteiger partial charge in [0.1, 0.15) is 5.56 Å². The van der Waals surface area contributed by atoms with E-state index < -0.39 is 21.3 Å². The van der Waals surface area contributed by atoms with E-state index in [0.717, 1.165) is 27.8 Å². The second-order valence-corrected chi connectivity index (χ2v) is 11.2. The van der Waals surface area contributed by atoms with Gasteiger partial charge < -0.3 is 0 Å². The fourth-order valence-corrected chi connectivity index (χ4v) is 5.50. The number of hydrogen-bond acceptors (Lipinski definition) is 7. The molecule has 36 heavy (non-hydrogen) atoms. The molecule has 0 atom stereocenters. The van der Waals surface area contributed by atoms with Crippen molar-refractivity contribution in [3.63, 3.8) is 0 Å². The number of nitrogens with zero attached hydrogens (tertiary/aromatic N) is 3. The maximum atomic E-state index is 13.6. The number of anilines is 1. The molecular formula is C26H20N4O4S2. The third kappa shape index (κ3) is 4.43. The van der Waals surface area contributed by atoms with Crippen LogP contribution >= 0.6 is 11.3 Å². The molecule has 180 valence electrons. The topological polar surface area (TPSA) is 111 Å². The number of thiazole rings is 1. The number of rotatable bonds is 5. The van der Waals surface area contributed by atoms with Crippen molar-refractivity contribution in [2.75, 3.05) is 11.6 Å². The first-order valence-electron chi connectivity index (χ1n) is 10.9. The molecule has 0 radical (unpaired) electrons. The summed E-state index contributed by atoms with van der Waals surface area (Å²) in [4.78, 5) is 31.4. The van der Waals surface area contributed by atoms with E-state index in [-0.39, 0.29) is 15.6 Å². The Labute approximate surface area is 210 Å². The van der Waals surface area contributed by atoms with Crippen LogP contribution < -0.4 is 10.9 Å². The van der Waals surface area contributed by atoms with Crippen molar-refractivity contribution < 1.29 is 13.2 Å². The number of amides is 1. The SMILES string of the molecule is Cn1nc(-c2ccccc2)c(-c2ccccc2)c(C(=O)Nc2nc3ccc(S(C)(=O)=O)cc3s2)c1=O. The highest BCUT2D eigenvalue weighted by molar-refractivity contribution is 7.90. The van der Waals surface area contributed by atoms with Gasteiger partial charge in [-0.15, -0.1) is 0 Å². The van der Waals surface area contributed by atoms with Crippen LogP contribution in [0.1, 0.15) is 10.4 Å². The molecule has 1 N–H and O–H groups in total. The highest BCUT2D eigenvalue weighted by atomic mass is 32.2. The predicted molar refractivity (Wildman–Crippen MR) is 141 cm³/mol. The fraction of sp³-hybridized carbons (Fsp3) is 0.0769. The van der Waals surface area contributed by atoms with E-state index in [1.807, 2.05) is 60.7 Å². The number of carbonyl (C=O) groups is 1. The normalized spacial score (nSPS) is 11.5. The van der Waals surface area contributed by atoms with E-state index in [1.54, 1.807) is 6.07 Å². The summed E-state index contributed by atoms with van der Waals surface area (Å²) < 4.78 is 25.6. The van der Waals surface area contributed by atoms with Gasteiger partial charge in [-0.1, -0.05) is 72.0 Å². The molecule has 10 heteroatoms. The smallest absolute Gasteiger partial charge is 0.280 e. The zero-order valence-electron chi connectivity index (χ0n) is 19.3. The molecule has 2 aromatic heterocycles. The molecule has 0 aliphatic rings. The molecule has 3 aromatic carbocycles. The Kier molecular flexibility index (Phi) is 5.99. The molecule has 0 spiro atoms. The summed E-state index contributed by atoms with van der Waals surface area (Å²) in [7, 11) is -1.88. The van der Waals surface area contributed by atoms with Crippen molar-refractivity contribution >= 4 is 42.4 Å². The Bertz CT molecular complexity index is 1780. The minimum atomic E-state index is -3.39. The molecule has 0 saturated heterocycles. The Morgan fingerprint density at radius 3 is 2.22 bits per heavy atom. The molecule has 0 aliphatic carbocycles. The van der Waals surface area contributed by atoms with Gasteiger partial charge in [0, 0.05) is 24.4 Å². The largest absolute Gasteiger partial charge is 0.298 e. The minimum absolute atomic E-state index is 0.0614. The summed E-state index contributed by atoms with van der Waals surface area (Å²) >= 11 is 1.13. The van der Waals surface area contributed by atoms with Crippen LogP contribution in [0, 0.1) is 0 Å². The zero-order valence-corrected chi connectivity index (χ0v) is 20.9. The van der Waals surface area contributed by atoms with Crippen LogP contribution in [0.2, 0.25) is 0 Å². The van der Waals surface area contributed by atoms with Crippen LogP contribution in [0.3, 0.4) is 0 Å². The Balaban J connectivity index is 1.65. The van der Waals surface area contributed by atoms with Gasteiger partial charge in [-0.05, 0) is 23.8 Å². The van der Waals surface area contributed by atoms with Gasteiger partial charge in [0.25, 0.3) is 11.5 Å². The first-order valence-corrected chi connectivity index (χ1v) is 13.6. The van der Waals surface area contributed by atoms with E-state index in [1.165, 1.54) is 19.2 Å². The highest BCUT2D eigenvalue weighted by Gasteiger charge is 2.25. The standard InChI is InChI=1S/C26H20N4O4S2/c1-30-25(32)22(21(16-9-5-3-6-10-16)23(29-30)17-11-7-4-8-12-17)24(31)28-26-27-19-14-13-18(36(2,33)34)15-20(19)35-26/h3-15H,1-2H3,(H,27,28,31). The number of carbonyl (C=O) groups excluding carboxylic acids is 1. The minimum Gasteiger partial charge on any atom is -0.298 e. The molecule has 0 fully saturated rings.